The van der Waals surface area contributed by atoms with Gasteiger partial charge in [0, 0.05) is 12.6 Å². The van der Waals surface area contributed by atoms with E-state index in [0.717, 1.165) is 0 Å². The molecule has 0 heterocycles. The highest BCUT2D eigenvalue weighted by Crippen LogP contribution is 2.35. The van der Waals surface area contributed by atoms with Crippen LogP contribution in [0.5, 0.6) is 0 Å². The summed E-state index contributed by atoms with van der Waals surface area (Å²) in [7, 11) is 0. The summed E-state index contributed by atoms with van der Waals surface area (Å²) in [6.07, 6.45) is -6.40. The summed E-state index contributed by atoms with van der Waals surface area (Å²) in [4.78, 5) is 22.8. The number of rotatable bonds is 7. The van der Waals surface area contributed by atoms with Crippen molar-refractivity contribution < 1.29 is 41.7 Å². The first-order valence-corrected chi connectivity index (χ1v) is 7.71. The summed E-state index contributed by atoms with van der Waals surface area (Å²) in [5.41, 5.74) is -0.445. The number of alkyl halides is 4. The number of alkyl carbamates (subject to hydrolysis) is 2. The zero-order valence-corrected chi connectivity index (χ0v) is 13.7. The summed E-state index contributed by atoms with van der Waals surface area (Å²) in [5, 5.41) is 13.0. The van der Waals surface area contributed by atoms with Crippen LogP contribution < -0.4 is 10.6 Å². The minimum Gasteiger partial charge on any atom is -0.443 e. The summed E-state index contributed by atoms with van der Waals surface area (Å²) >= 11 is 0. The van der Waals surface area contributed by atoms with Crippen LogP contribution in [0, 0.1) is 5.41 Å². The minimum atomic E-state index is -4.10. The van der Waals surface area contributed by atoms with E-state index in [4.69, 9.17) is 5.11 Å². The fourth-order valence-corrected chi connectivity index (χ4v) is 2.69. The summed E-state index contributed by atoms with van der Waals surface area (Å²) < 4.78 is 56.9. The highest BCUT2D eigenvalue weighted by molar-refractivity contribution is 5.68. The number of carbonyl (C=O) groups excluding carboxylic acids is 2. The molecule has 1 aliphatic carbocycles. The number of amides is 2. The van der Waals surface area contributed by atoms with Crippen LogP contribution in [0.15, 0.2) is 0 Å². The normalized spacial score (nSPS) is 23.9. The molecular formula is C14H22F4N2O5. The molecule has 0 aromatic carbocycles. The quantitative estimate of drug-likeness (QED) is 0.594. The molecule has 0 radical (unpaired) electrons. The van der Waals surface area contributed by atoms with Gasteiger partial charge in [-0.25, -0.2) is 18.4 Å². The van der Waals surface area contributed by atoms with Gasteiger partial charge < -0.3 is 25.2 Å². The molecule has 0 aliphatic heterocycles. The van der Waals surface area contributed by atoms with Gasteiger partial charge in [0.15, 0.2) is 13.2 Å². The van der Waals surface area contributed by atoms with Crippen LogP contribution in [-0.2, 0) is 9.47 Å². The average Bonchev–Trinajstić information content (AvgIpc) is 2.48. The summed E-state index contributed by atoms with van der Waals surface area (Å²) in [5.74, 6) is 0. The largest absolute Gasteiger partial charge is 0.443 e. The van der Waals surface area contributed by atoms with Crippen molar-refractivity contribution in [1.82, 2.24) is 10.6 Å². The van der Waals surface area contributed by atoms with Crippen molar-refractivity contribution in [2.75, 3.05) is 19.8 Å². The maximum absolute atomic E-state index is 12.2. The van der Waals surface area contributed by atoms with Crippen LogP contribution in [0.2, 0.25) is 0 Å². The second-order valence-electron chi connectivity index (χ2n) is 6.33. The molecule has 25 heavy (non-hydrogen) atoms. The van der Waals surface area contributed by atoms with Crippen LogP contribution in [0.3, 0.4) is 0 Å². The van der Waals surface area contributed by atoms with E-state index >= 15 is 0 Å². The van der Waals surface area contributed by atoms with Crippen molar-refractivity contribution in [3.05, 3.63) is 0 Å². The zero-order valence-electron chi connectivity index (χ0n) is 13.7. The van der Waals surface area contributed by atoms with Gasteiger partial charge in [-0.2, -0.15) is 8.78 Å². The molecule has 7 nitrogen and oxygen atoms in total. The predicted molar refractivity (Wildman–Crippen MR) is 77.4 cm³/mol. The van der Waals surface area contributed by atoms with E-state index in [1.54, 1.807) is 0 Å². The monoisotopic (exact) mass is 374 g/mol. The van der Waals surface area contributed by atoms with Gasteiger partial charge in [0.25, 0.3) is 6.43 Å². The predicted octanol–water partition coefficient (Wildman–Crippen LogP) is 2.24. The van der Waals surface area contributed by atoms with E-state index in [-0.39, 0.29) is 12.6 Å². The van der Waals surface area contributed by atoms with Crippen molar-refractivity contribution in [3.8, 4) is 0 Å². The van der Waals surface area contributed by atoms with Crippen LogP contribution >= 0.6 is 0 Å². The molecule has 146 valence electrons. The van der Waals surface area contributed by atoms with E-state index < -0.39 is 43.3 Å². The van der Waals surface area contributed by atoms with Gasteiger partial charge in [-0.3, -0.25) is 0 Å². The third kappa shape index (κ3) is 9.32. The third-order valence-electron chi connectivity index (χ3n) is 3.77. The summed E-state index contributed by atoms with van der Waals surface area (Å²) in [6, 6.07) is -0.316. The van der Waals surface area contributed by atoms with Crippen molar-refractivity contribution in [2.45, 2.75) is 51.2 Å². The van der Waals surface area contributed by atoms with Gasteiger partial charge in [-0.1, -0.05) is 13.3 Å². The highest BCUT2D eigenvalue weighted by atomic mass is 19.3. The number of hydrogen-bond donors (Lipinski definition) is 3. The van der Waals surface area contributed by atoms with Gasteiger partial charge in [0.05, 0.1) is 0 Å². The number of nitrogens with one attached hydrogen (secondary N) is 2. The molecule has 2 atom stereocenters. The first-order valence-electron chi connectivity index (χ1n) is 7.71. The minimum absolute atomic E-state index is 0.104. The van der Waals surface area contributed by atoms with E-state index in [0.29, 0.717) is 25.7 Å². The molecule has 1 aliphatic rings. The lowest BCUT2D eigenvalue weighted by molar-refractivity contribution is -0.221. The van der Waals surface area contributed by atoms with Crippen LogP contribution in [0.4, 0.5) is 27.2 Å². The second-order valence-corrected chi connectivity index (χ2v) is 6.33. The van der Waals surface area contributed by atoms with Crippen LogP contribution in [0.1, 0.15) is 32.6 Å². The van der Waals surface area contributed by atoms with Gasteiger partial charge in [0.2, 0.25) is 0 Å². The lowest BCUT2D eigenvalue weighted by Crippen LogP contribution is -2.46. The van der Waals surface area contributed by atoms with Gasteiger partial charge in [-0.15, -0.1) is 0 Å². The number of carbonyl (C=O) groups is 2. The molecule has 0 saturated heterocycles. The van der Waals surface area contributed by atoms with Crippen molar-refractivity contribution in [2.24, 2.45) is 5.41 Å². The van der Waals surface area contributed by atoms with Crippen molar-refractivity contribution in [3.63, 3.8) is 0 Å². The summed E-state index contributed by atoms with van der Waals surface area (Å²) in [6.45, 7) is -0.506. The average molecular weight is 374 g/mol. The molecule has 1 saturated carbocycles. The molecule has 11 heteroatoms. The second kappa shape index (κ2) is 9.07. The van der Waals surface area contributed by atoms with Crippen LogP contribution in [-0.4, -0.2) is 55.6 Å². The topological polar surface area (TPSA) is 96.9 Å². The third-order valence-corrected chi connectivity index (χ3v) is 3.77. The van der Waals surface area contributed by atoms with E-state index in [1.807, 2.05) is 6.92 Å². The Morgan fingerprint density at radius 2 is 2.00 bits per heavy atom. The standard InChI is InChI=1S/C14H22F4N2O5/c1-13(7-19-11(21)25-8-14(17,18)23)4-2-3-9(5-13)20-12(22)24-6-10(15)16/h9-10,23H,2-8H2,1H3,(H,19,21)(H,20,22). The Balaban J connectivity index is 2.38. The Morgan fingerprint density at radius 1 is 1.32 bits per heavy atom. The smallest absolute Gasteiger partial charge is 0.407 e. The highest BCUT2D eigenvalue weighted by Gasteiger charge is 2.34. The first-order chi connectivity index (χ1) is 11.5. The number of hydrogen-bond acceptors (Lipinski definition) is 5. The lowest BCUT2D eigenvalue weighted by atomic mass is 9.73. The molecule has 1 rings (SSSR count). The Hall–Kier alpha value is -1.78. The molecule has 0 aromatic rings. The lowest BCUT2D eigenvalue weighted by Gasteiger charge is -2.38. The molecule has 0 aromatic heterocycles. The number of ether oxygens (including phenoxy) is 2. The van der Waals surface area contributed by atoms with Gasteiger partial charge >= 0.3 is 18.3 Å². The molecule has 0 spiro atoms. The molecule has 2 unspecified atom stereocenters. The fraction of sp³-hybridized carbons (Fsp3) is 0.857. The molecule has 0 bridgehead atoms. The van der Waals surface area contributed by atoms with Gasteiger partial charge in [0.1, 0.15) is 0 Å². The first kappa shape index (κ1) is 21.3. The van der Waals surface area contributed by atoms with Crippen molar-refractivity contribution in [1.29, 1.82) is 0 Å². The van der Waals surface area contributed by atoms with Crippen LogP contribution in [0.25, 0.3) is 0 Å². The van der Waals surface area contributed by atoms with E-state index in [1.165, 1.54) is 0 Å². The number of aliphatic hydroxyl groups is 1. The SMILES string of the molecule is CC1(CNC(=O)OCC(O)(F)F)CCCC(NC(=O)OCC(F)F)C1. The Labute approximate surface area is 142 Å². The van der Waals surface area contributed by atoms with Crippen molar-refractivity contribution >= 4 is 12.2 Å². The Bertz CT molecular complexity index is 461. The Morgan fingerprint density at radius 3 is 2.60 bits per heavy atom. The van der Waals surface area contributed by atoms with E-state index in [9.17, 15) is 27.2 Å². The Kier molecular flexibility index (Phi) is 7.71. The maximum atomic E-state index is 12.2. The van der Waals surface area contributed by atoms with Gasteiger partial charge in [-0.05, 0) is 24.7 Å². The molecule has 3 N–H and O–H groups in total. The molecule has 2 amide bonds. The molecule has 1 fully saturated rings. The maximum Gasteiger partial charge on any atom is 0.407 e. The molecular weight excluding hydrogens is 352 g/mol. The zero-order chi connectivity index (χ0) is 19.1. The number of halogens is 4. The fourth-order valence-electron chi connectivity index (χ4n) is 2.69. The van der Waals surface area contributed by atoms with E-state index in [2.05, 4.69) is 20.1 Å².